The van der Waals surface area contributed by atoms with E-state index in [1.165, 1.54) is 32.1 Å². The van der Waals surface area contributed by atoms with Crippen LogP contribution in [-0.4, -0.2) is 55.5 Å². The number of nitrogens with two attached hydrogens (primary N) is 1. The quantitative estimate of drug-likeness (QED) is 0.790. The zero-order valence-corrected chi connectivity index (χ0v) is 10.5. The Morgan fingerprint density at radius 3 is 2.82 bits per heavy atom. The minimum atomic E-state index is 0.361. The maximum absolute atomic E-state index is 6.00. The van der Waals surface area contributed by atoms with E-state index in [0.717, 1.165) is 19.8 Å². The summed E-state index contributed by atoms with van der Waals surface area (Å²) in [6.45, 7) is 3.53. The van der Waals surface area contributed by atoms with Gasteiger partial charge in [0.1, 0.15) is 0 Å². The lowest BCUT2D eigenvalue weighted by molar-refractivity contribution is -0.0922. The summed E-state index contributed by atoms with van der Waals surface area (Å²) < 4.78 is 11.7. The monoisotopic (exact) mass is 240 g/mol. The molecule has 0 spiro atoms. The summed E-state index contributed by atoms with van der Waals surface area (Å²) in [7, 11) is 0. The molecule has 3 aliphatic rings. The van der Waals surface area contributed by atoms with Crippen LogP contribution in [-0.2, 0) is 9.47 Å². The van der Waals surface area contributed by atoms with Crippen molar-refractivity contribution < 1.29 is 9.47 Å². The highest BCUT2D eigenvalue weighted by Gasteiger charge is 2.41. The van der Waals surface area contributed by atoms with Gasteiger partial charge in [-0.15, -0.1) is 0 Å². The summed E-state index contributed by atoms with van der Waals surface area (Å²) in [5.41, 5.74) is 6.00. The molecule has 4 atom stereocenters. The molecule has 17 heavy (non-hydrogen) atoms. The van der Waals surface area contributed by atoms with E-state index in [9.17, 15) is 0 Å². The molecule has 0 aromatic carbocycles. The molecule has 2 N–H and O–H groups in total. The lowest BCUT2D eigenvalue weighted by Gasteiger charge is -2.44. The van der Waals surface area contributed by atoms with Crippen molar-refractivity contribution in [2.75, 3.05) is 26.3 Å². The summed E-state index contributed by atoms with van der Waals surface area (Å²) in [6, 6.07) is 1.01. The van der Waals surface area contributed by atoms with Crippen molar-refractivity contribution in [3.8, 4) is 0 Å². The molecule has 0 radical (unpaired) electrons. The fourth-order valence-corrected chi connectivity index (χ4v) is 3.77. The number of fused-ring (bicyclic) bond motifs is 1. The predicted octanol–water partition coefficient (Wildman–Crippen LogP) is 0.746. The molecule has 2 heterocycles. The molecule has 2 saturated heterocycles. The molecule has 1 saturated carbocycles. The first-order valence-corrected chi connectivity index (χ1v) is 7.09. The lowest BCUT2D eigenvalue weighted by atomic mass is 10.0. The van der Waals surface area contributed by atoms with Crippen LogP contribution in [0.25, 0.3) is 0 Å². The topological polar surface area (TPSA) is 47.7 Å². The van der Waals surface area contributed by atoms with E-state index < -0.39 is 0 Å². The number of hydrogen-bond acceptors (Lipinski definition) is 4. The maximum Gasteiger partial charge on any atom is 0.0743 e. The van der Waals surface area contributed by atoms with E-state index in [0.29, 0.717) is 30.8 Å². The van der Waals surface area contributed by atoms with Crippen molar-refractivity contribution in [2.24, 2.45) is 5.73 Å². The Morgan fingerprint density at radius 2 is 2.06 bits per heavy atom. The van der Waals surface area contributed by atoms with Gasteiger partial charge in [-0.3, -0.25) is 4.90 Å². The summed E-state index contributed by atoms with van der Waals surface area (Å²) in [6.07, 6.45) is 6.99. The summed E-state index contributed by atoms with van der Waals surface area (Å²) in [4.78, 5) is 2.59. The average Bonchev–Trinajstić information content (AvgIpc) is 3.00. The van der Waals surface area contributed by atoms with Crippen molar-refractivity contribution in [3.05, 3.63) is 0 Å². The van der Waals surface area contributed by atoms with Gasteiger partial charge in [0, 0.05) is 31.8 Å². The first-order valence-electron chi connectivity index (χ1n) is 7.09. The van der Waals surface area contributed by atoms with Gasteiger partial charge in [0.2, 0.25) is 0 Å². The number of ether oxygens (including phenoxy) is 2. The normalized spacial score (nSPS) is 40.4. The van der Waals surface area contributed by atoms with Crippen molar-refractivity contribution in [2.45, 2.75) is 56.4 Å². The highest BCUT2D eigenvalue weighted by Crippen LogP contribution is 2.33. The third-order valence-corrected chi connectivity index (χ3v) is 4.59. The van der Waals surface area contributed by atoms with Gasteiger partial charge < -0.3 is 15.2 Å². The Kier molecular flexibility index (Phi) is 3.66. The highest BCUT2D eigenvalue weighted by molar-refractivity contribution is 4.95. The van der Waals surface area contributed by atoms with Crippen molar-refractivity contribution in [3.63, 3.8) is 0 Å². The van der Waals surface area contributed by atoms with Crippen LogP contribution in [0.3, 0.4) is 0 Å². The van der Waals surface area contributed by atoms with Gasteiger partial charge in [-0.05, 0) is 32.1 Å². The lowest BCUT2D eigenvalue weighted by Crippen LogP contribution is -2.58. The second kappa shape index (κ2) is 5.22. The van der Waals surface area contributed by atoms with E-state index >= 15 is 0 Å². The third kappa shape index (κ3) is 2.24. The average molecular weight is 240 g/mol. The smallest absolute Gasteiger partial charge is 0.0743 e. The molecule has 4 heteroatoms. The van der Waals surface area contributed by atoms with E-state index in [4.69, 9.17) is 15.2 Å². The van der Waals surface area contributed by atoms with Gasteiger partial charge in [-0.25, -0.2) is 0 Å². The minimum Gasteiger partial charge on any atom is -0.377 e. The standard InChI is InChI=1S/C13H24N2O2/c14-9-11(13-5-2-7-16-13)15-6-8-17-12-4-1-3-10(12)15/h10-13H,1-9,14H2. The van der Waals surface area contributed by atoms with Gasteiger partial charge in [-0.1, -0.05) is 0 Å². The van der Waals surface area contributed by atoms with Crippen LogP contribution in [0.4, 0.5) is 0 Å². The van der Waals surface area contributed by atoms with Crippen LogP contribution in [0.5, 0.6) is 0 Å². The number of rotatable bonds is 3. The fraction of sp³-hybridized carbons (Fsp3) is 1.00. The molecule has 0 aromatic heterocycles. The van der Waals surface area contributed by atoms with Crippen LogP contribution in [0.15, 0.2) is 0 Å². The zero-order valence-electron chi connectivity index (χ0n) is 10.5. The molecule has 98 valence electrons. The molecule has 4 unspecified atom stereocenters. The predicted molar refractivity (Wildman–Crippen MR) is 65.9 cm³/mol. The second-order valence-electron chi connectivity index (χ2n) is 5.50. The number of morpholine rings is 1. The van der Waals surface area contributed by atoms with E-state index in [2.05, 4.69) is 4.90 Å². The summed E-state index contributed by atoms with van der Waals surface area (Å²) in [5.74, 6) is 0. The Bertz CT molecular complexity index is 256. The minimum absolute atomic E-state index is 0.361. The highest BCUT2D eigenvalue weighted by atomic mass is 16.5. The number of hydrogen-bond donors (Lipinski definition) is 1. The third-order valence-electron chi connectivity index (χ3n) is 4.59. The fourth-order valence-electron chi connectivity index (χ4n) is 3.77. The van der Waals surface area contributed by atoms with Crippen LogP contribution in [0.2, 0.25) is 0 Å². The SMILES string of the molecule is NCC(C1CCCO1)N1CCOC2CCCC21. The molecule has 3 fully saturated rings. The Labute approximate surface area is 103 Å². The van der Waals surface area contributed by atoms with Gasteiger partial charge >= 0.3 is 0 Å². The maximum atomic E-state index is 6.00. The summed E-state index contributed by atoms with van der Waals surface area (Å²) in [5, 5.41) is 0. The Balaban J connectivity index is 1.71. The molecule has 0 aromatic rings. The van der Waals surface area contributed by atoms with Gasteiger partial charge in [0.25, 0.3) is 0 Å². The van der Waals surface area contributed by atoms with Crippen LogP contribution in [0, 0.1) is 0 Å². The summed E-state index contributed by atoms with van der Waals surface area (Å²) >= 11 is 0. The Morgan fingerprint density at radius 1 is 1.12 bits per heavy atom. The van der Waals surface area contributed by atoms with E-state index in [1.54, 1.807) is 0 Å². The molecule has 2 aliphatic heterocycles. The first-order chi connectivity index (χ1) is 8.40. The number of nitrogens with zero attached hydrogens (tertiary/aromatic N) is 1. The molecule has 1 aliphatic carbocycles. The van der Waals surface area contributed by atoms with E-state index in [-0.39, 0.29) is 0 Å². The molecular weight excluding hydrogens is 216 g/mol. The largest absolute Gasteiger partial charge is 0.377 e. The molecule has 3 rings (SSSR count). The van der Waals surface area contributed by atoms with Crippen molar-refractivity contribution in [1.29, 1.82) is 0 Å². The van der Waals surface area contributed by atoms with Crippen molar-refractivity contribution in [1.82, 2.24) is 4.90 Å². The molecule has 4 nitrogen and oxygen atoms in total. The zero-order chi connectivity index (χ0) is 11.7. The van der Waals surface area contributed by atoms with E-state index in [1.807, 2.05) is 0 Å². The molecule has 0 amide bonds. The van der Waals surface area contributed by atoms with Gasteiger partial charge in [0.05, 0.1) is 18.8 Å². The first kappa shape index (κ1) is 11.9. The van der Waals surface area contributed by atoms with Crippen LogP contribution < -0.4 is 5.73 Å². The van der Waals surface area contributed by atoms with Gasteiger partial charge in [0.15, 0.2) is 0 Å². The second-order valence-corrected chi connectivity index (χ2v) is 5.50. The van der Waals surface area contributed by atoms with Crippen LogP contribution in [0.1, 0.15) is 32.1 Å². The van der Waals surface area contributed by atoms with Crippen molar-refractivity contribution >= 4 is 0 Å². The molecular formula is C13H24N2O2. The Hall–Kier alpha value is -0.160. The van der Waals surface area contributed by atoms with Crippen LogP contribution >= 0.6 is 0 Å². The molecule has 0 bridgehead atoms. The van der Waals surface area contributed by atoms with Gasteiger partial charge in [-0.2, -0.15) is 0 Å².